The van der Waals surface area contributed by atoms with Crippen molar-refractivity contribution in [1.29, 1.82) is 0 Å². The summed E-state index contributed by atoms with van der Waals surface area (Å²) < 4.78 is 0. The van der Waals surface area contributed by atoms with Crippen LogP contribution in [0.25, 0.3) is 0 Å². The zero-order chi connectivity index (χ0) is 7.98. The van der Waals surface area contributed by atoms with Crippen molar-refractivity contribution in [2.75, 3.05) is 0 Å². The van der Waals surface area contributed by atoms with Crippen LogP contribution >= 0.6 is 0 Å². The highest BCUT2D eigenvalue weighted by atomic mass is 14.5. The summed E-state index contributed by atoms with van der Waals surface area (Å²) in [5.74, 6) is 0. The van der Waals surface area contributed by atoms with E-state index in [0.717, 1.165) is 11.3 Å². The van der Waals surface area contributed by atoms with E-state index in [4.69, 9.17) is 5.73 Å². The minimum Gasteiger partial charge on any atom is -0.402 e. The van der Waals surface area contributed by atoms with Gasteiger partial charge in [0.1, 0.15) is 0 Å². The summed E-state index contributed by atoms with van der Waals surface area (Å²) in [5.41, 5.74) is 7.52. The molecule has 0 radical (unpaired) electrons. The minimum absolute atomic E-state index is 0.876. The predicted octanol–water partition coefficient (Wildman–Crippen LogP) is 2.37. The summed E-state index contributed by atoms with van der Waals surface area (Å²) in [4.78, 5) is 0. The first kappa shape index (κ1) is 9.02. The summed E-state index contributed by atoms with van der Waals surface area (Å²) in [6.45, 7) is 5.88. The van der Waals surface area contributed by atoms with Crippen molar-refractivity contribution < 1.29 is 0 Å². The first-order valence-corrected chi connectivity index (χ1v) is 3.40. The van der Waals surface area contributed by atoms with E-state index in [1.165, 1.54) is 0 Å². The van der Waals surface area contributed by atoms with Crippen molar-refractivity contribution in [3.05, 3.63) is 35.6 Å². The molecule has 0 aromatic rings. The van der Waals surface area contributed by atoms with Gasteiger partial charge in [0.15, 0.2) is 0 Å². The normalized spacial score (nSPS) is 14.7. The molecular weight excluding hydrogens is 122 g/mol. The Kier molecular flexibility index (Phi) is 4.38. The Bertz CT molecular complexity index is 169. The Labute approximate surface area is 62.9 Å². The summed E-state index contributed by atoms with van der Waals surface area (Å²) in [7, 11) is 0. The summed E-state index contributed by atoms with van der Waals surface area (Å²) in [6.07, 6.45) is 7.93. The topological polar surface area (TPSA) is 26.0 Å². The van der Waals surface area contributed by atoms with Crippen molar-refractivity contribution >= 4 is 0 Å². The van der Waals surface area contributed by atoms with E-state index in [2.05, 4.69) is 0 Å². The average molecular weight is 137 g/mol. The Morgan fingerprint density at radius 1 is 1.20 bits per heavy atom. The lowest BCUT2D eigenvalue weighted by Crippen LogP contribution is -1.92. The molecule has 10 heavy (non-hydrogen) atoms. The molecule has 0 aliphatic heterocycles. The van der Waals surface area contributed by atoms with E-state index in [-0.39, 0.29) is 0 Å². The SMILES string of the molecule is C\C=C/C=C\C(C)=C(\C)N. The van der Waals surface area contributed by atoms with Gasteiger partial charge < -0.3 is 5.73 Å². The van der Waals surface area contributed by atoms with E-state index < -0.39 is 0 Å². The van der Waals surface area contributed by atoms with Gasteiger partial charge in [-0.05, 0) is 26.3 Å². The van der Waals surface area contributed by atoms with Gasteiger partial charge in [-0.3, -0.25) is 0 Å². The number of nitrogens with two attached hydrogens (primary N) is 1. The van der Waals surface area contributed by atoms with Crippen LogP contribution in [0.5, 0.6) is 0 Å². The molecule has 0 bridgehead atoms. The van der Waals surface area contributed by atoms with Gasteiger partial charge in [0.2, 0.25) is 0 Å². The van der Waals surface area contributed by atoms with Crippen LogP contribution in [-0.4, -0.2) is 0 Å². The summed E-state index contributed by atoms with van der Waals surface area (Å²) >= 11 is 0. The Morgan fingerprint density at radius 3 is 2.20 bits per heavy atom. The highest BCUT2D eigenvalue weighted by molar-refractivity contribution is 5.23. The van der Waals surface area contributed by atoms with Crippen LogP contribution in [0.1, 0.15) is 20.8 Å². The molecule has 2 N–H and O–H groups in total. The fourth-order valence-electron chi connectivity index (χ4n) is 0.442. The van der Waals surface area contributed by atoms with E-state index in [9.17, 15) is 0 Å². The third-order valence-corrected chi connectivity index (χ3v) is 1.27. The third-order valence-electron chi connectivity index (χ3n) is 1.27. The lowest BCUT2D eigenvalue weighted by atomic mass is 10.2. The molecule has 0 aromatic heterocycles. The second-order valence-corrected chi connectivity index (χ2v) is 2.25. The molecule has 0 atom stereocenters. The molecule has 0 heterocycles. The highest BCUT2D eigenvalue weighted by Crippen LogP contribution is 1.98. The molecule has 0 unspecified atom stereocenters. The third kappa shape index (κ3) is 3.96. The van der Waals surface area contributed by atoms with Gasteiger partial charge in [-0.15, -0.1) is 0 Å². The highest BCUT2D eigenvalue weighted by Gasteiger charge is 1.82. The molecule has 0 fully saturated rings. The quantitative estimate of drug-likeness (QED) is 0.581. The van der Waals surface area contributed by atoms with E-state index in [1.807, 2.05) is 45.1 Å². The predicted molar refractivity (Wildman–Crippen MR) is 46.5 cm³/mol. The van der Waals surface area contributed by atoms with E-state index in [0.29, 0.717) is 0 Å². The van der Waals surface area contributed by atoms with Crippen LogP contribution in [0.15, 0.2) is 35.6 Å². The van der Waals surface area contributed by atoms with Gasteiger partial charge >= 0.3 is 0 Å². The van der Waals surface area contributed by atoms with Crippen LogP contribution < -0.4 is 5.73 Å². The Balaban J connectivity index is 4.03. The maximum Gasteiger partial charge on any atom is 0.00785 e. The smallest absolute Gasteiger partial charge is 0.00785 e. The van der Waals surface area contributed by atoms with Crippen molar-refractivity contribution in [1.82, 2.24) is 0 Å². The van der Waals surface area contributed by atoms with Gasteiger partial charge in [0.25, 0.3) is 0 Å². The molecule has 0 amide bonds. The number of hydrogen-bond acceptors (Lipinski definition) is 1. The molecule has 0 aliphatic carbocycles. The number of allylic oxidation sites excluding steroid dienone is 6. The molecule has 0 saturated carbocycles. The maximum atomic E-state index is 5.52. The summed E-state index contributed by atoms with van der Waals surface area (Å²) in [6, 6.07) is 0. The minimum atomic E-state index is 0.876. The van der Waals surface area contributed by atoms with Crippen molar-refractivity contribution in [2.24, 2.45) is 5.73 Å². The van der Waals surface area contributed by atoms with Crippen molar-refractivity contribution in [2.45, 2.75) is 20.8 Å². The molecule has 0 saturated heterocycles. The Hall–Kier alpha value is -0.980. The first-order chi connectivity index (χ1) is 4.68. The van der Waals surface area contributed by atoms with Crippen molar-refractivity contribution in [3.63, 3.8) is 0 Å². The molecular formula is C9H15N. The van der Waals surface area contributed by atoms with Crippen LogP contribution in [0.3, 0.4) is 0 Å². The first-order valence-electron chi connectivity index (χ1n) is 3.40. The fraction of sp³-hybridized carbons (Fsp3) is 0.333. The molecule has 0 aromatic carbocycles. The van der Waals surface area contributed by atoms with E-state index in [1.54, 1.807) is 0 Å². The lowest BCUT2D eigenvalue weighted by molar-refractivity contribution is 1.24. The monoisotopic (exact) mass is 137 g/mol. The average Bonchev–Trinajstić information content (AvgIpc) is 1.88. The lowest BCUT2D eigenvalue weighted by Gasteiger charge is -1.92. The zero-order valence-electron chi connectivity index (χ0n) is 6.89. The standard InChI is InChI=1S/C9H15N/c1-4-5-6-7-8(2)9(3)10/h4-7H,10H2,1-3H3/b5-4-,7-6-,9-8-. The van der Waals surface area contributed by atoms with Gasteiger partial charge in [0.05, 0.1) is 0 Å². The number of hydrogen-bond donors (Lipinski definition) is 1. The largest absolute Gasteiger partial charge is 0.402 e. The fourth-order valence-corrected chi connectivity index (χ4v) is 0.442. The van der Waals surface area contributed by atoms with Gasteiger partial charge in [-0.2, -0.15) is 0 Å². The number of rotatable bonds is 2. The van der Waals surface area contributed by atoms with Crippen LogP contribution in [0, 0.1) is 0 Å². The van der Waals surface area contributed by atoms with E-state index >= 15 is 0 Å². The van der Waals surface area contributed by atoms with Gasteiger partial charge in [0, 0.05) is 5.70 Å². The molecule has 56 valence electrons. The molecule has 0 aliphatic rings. The van der Waals surface area contributed by atoms with Crippen molar-refractivity contribution in [3.8, 4) is 0 Å². The van der Waals surface area contributed by atoms with Crippen LogP contribution in [-0.2, 0) is 0 Å². The molecule has 0 rings (SSSR count). The Morgan fingerprint density at radius 2 is 1.80 bits per heavy atom. The maximum absolute atomic E-state index is 5.52. The molecule has 0 spiro atoms. The summed E-state index contributed by atoms with van der Waals surface area (Å²) in [5, 5.41) is 0. The molecule has 1 heteroatoms. The van der Waals surface area contributed by atoms with Crippen LogP contribution in [0.2, 0.25) is 0 Å². The second-order valence-electron chi connectivity index (χ2n) is 2.25. The van der Waals surface area contributed by atoms with Gasteiger partial charge in [-0.25, -0.2) is 0 Å². The molecule has 1 nitrogen and oxygen atoms in total. The zero-order valence-corrected chi connectivity index (χ0v) is 6.89. The van der Waals surface area contributed by atoms with Gasteiger partial charge in [-0.1, -0.05) is 24.3 Å². The second kappa shape index (κ2) is 4.86. The van der Waals surface area contributed by atoms with Crippen LogP contribution in [0.4, 0.5) is 0 Å².